The Kier molecular flexibility index (Phi) is 7.42. The normalized spacial score (nSPS) is 11.9. The summed E-state index contributed by atoms with van der Waals surface area (Å²) in [7, 11) is 0. The van der Waals surface area contributed by atoms with Crippen LogP contribution in [-0.2, 0) is 0 Å². The van der Waals surface area contributed by atoms with Crippen molar-refractivity contribution >= 4 is 17.3 Å². The predicted molar refractivity (Wildman–Crippen MR) is 90.8 cm³/mol. The first kappa shape index (κ1) is 16.8. The number of hydrogen-bond acceptors (Lipinski definition) is 2. The number of anilines is 1. The van der Waals surface area contributed by atoms with Gasteiger partial charge in [0.15, 0.2) is 0 Å². The minimum Gasteiger partial charge on any atom is -0.364 e. The Hall–Kier alpha value is -1.25. The molecule has 1 N–H and O–H groups in total. The SMILES string of the molecule is C=CCN(CC=C)c1ccc(C(C)NCCC)c(Cl)c1. The van der Waals surface area contributed by atoms with E-state index in [4.69, 9.17) is 11.6 Å². The zero-order valence-electron chi connectivity index (χ0n) is 12.5. The van der Waals surface area contributed by atoms with E-state index in [0.717, 1.165) is 42.3 Å². The highest BCUT2D eigenvalue weighted by Crippen LogP contribution is 2.28. The lowest BCUT2D eigenvalue weighted by Crippen LogP contribution is -2.23. The minimum atomic E-state index is 0.267. The number of halogens is 1. The second kappa shape index (κ2) is 8.83. The largest absolute Gasteiger partial charge is 0.364 e. The Morgan fingerprint density at radius 3 is 2.45 bits per heavy atom. The van der Waals surface area contributed by atoms with Crippen molar-refractivity contribution in [3.8, 4) is 0 Å². The van der Waals surface area contributed by atoms with E-state index in [1.165, 1.54) is 0 Å². The molecule has 1 aromatic carbocycles. The molecule has 1 rings (SSSR count). The highest BCUT2D eigenvalue weighted by Gasteiger charge is 2.11. The van der Waals surface area contributed by atoms with Crippen molar-refractivity contribution in [2.45, 2.75) is 26.3 Å². The summed E-state index contributed by atoms with van der Waals surface area (Å²) in [5.41, 5.74) is 2.24. The van der Waals surface area contributed by atoms with Crippen molar-refractivity contribution < 1.29 is 0 Å². The summed E-state index contributed by atoms with van der Waals surface area (Å²) in [6, 6.07) is 6.50. The van der Waals surface area contributed by atoms with Gasteiger partial charge in [0.05, 0.1) is 0 Å². The minimum absolute atomic E-state index is 0.267. The third kappa shape index (κ3) is 4.69. The smallest absolute Gasteiger partial charge is 0.0474 e. The summed E-state index contributed by atoms with van der Waals surface area (Å²) in [6.45, 7) is 14.4. The van der Waals surface area contributed by atoms with Crippen LogP contribution in [0.2, 0.25) is 5.02 Å². The average molecular weight is 293 g/mol. The Labute approximate surface area is 128 Å². The van der Waals surface area contributed by atoms with Crippen LogP contribution >= 0.6 is 11.6 Å². The summed E-state index contributed by atoms with van der Waals surface area (Å²) in [6.07, 6.45) is 4.89. The fourth-order valence-electron chi connectivity index (χ4n) is 2.13. The van der Waals surface area contributed by atoms with E-state index in [1.807, 2.05) is 18.2 Å². The van der Waals surface area contributed by atoms with Gasteiger partial charge in [-0.2, -0.15) is 0 Å². The van der Waals surface area contributed by atoms with Gasteiger partial charge in [0.25, 0.3) is 0 Å². The van der Waals surface area contributed by atoms with Crippen LogP contribution in [0, 0.1) is 0 Å². The van der Waals surface area contributed by atoms with E-state index in [2.05, 4.69) is 49.4 Å². The maximum Gasteiger partial charge on any atom is 0.0474 e. The monoisotopic (exact) mass is 292 g/mol. The van der Waals surface area contributed by atoms with Gasteiger partial charge in [0, 0.05) is 29.8 Å². The zero-order valence-corrected chi connectivity index (χ0v) is 13.3. The van der Waals surface area contributed by atoms with Crippen LogP contribution in [0.15, 0.2) is 43.5 Å². The van der Waals surface area contributed by atoms with Gasteiger partial charge in [-0.1, -0.05) is 36.7 Å². The van der Waals surface area contributed by atoms with Crippen molar-refractivity contribution in [2.24, 2.45) is 0 Å². The molecule has 1 aromatic rings. The Bertz CT molecular complexity index is 433. The van der Waals surface area contributed by atoms with E-state index in [9.17, 15) is 0 Å². The molecule has 0 spiro atoms. The summed E-state index contributed by atoms with van der Waals surface area (Å²) in [5, 5.41) is 4.26. The number of nitrogens with one attached hydrogen (secondary N) is 1. The van der Waals surface area contributed by atoms with Gasteiger partial charge in [-0.15, -0.1) is 13.2 Å². The van der Waals surface area contributed by atoms with Crippen LogP contribution in [0.5, 0.6) is 0 Å². The van der Waals surface area contributed by atoms with Crippen LogP contribution < -0.4 is 10.2 Å². The molecule has 0 aliphatic heterocycles. The molecule has 3 heteroatoms. The molecule has 0 aliphatic carbocycles. The molecule has 0 bridgehead atoms. The predicted octanol–water partition coefficient (Wildman–Crippen LogP) is 4.58. The Morgan fingerprint density at radius 1 is 1.30 bits per heavy atom. The molecule has 0 saturated heterocycles. The lowest BCUT2D eigenvalue weighted by Gasteiger charge is -2.23. The van der Waals surface area contributed by atoms with Gasteiger partial charge >= 0.3 is 0 Å². The van der Waals surface area contributed by atoms with Crippen LogP contribution in [0.1, 0.15) is 31.9 Å². The Morgan fingerprint density at radius 2 is 1.95 bits per heavy atom. The fourth-order valence-corrected chi connectivity index (χ4v) is 2.47. The summed E-state index contributed by atoms with van der Waals surface area (Å²) in [4.78, 5) is 2.18. The molecule has 1 atom stereocenters. The molecular formula is C17H25ClN2. The van der Waals surface area contributed by atoms with E-state index in [-0.39, 0.29) is 6.04 Å². The zero-order chi connectivity index (χ0) is 15.0. The first-order chi connectivity index (χ1) is 9.63. The molecule has 110 valence electrons. The van der Waals surface area contributed by atoms with Crippen LogP contribution in [0.4, 0.5) is 5.69 Å². The molecule has 0 amide bonds. The Balaban J connectivity index is 2.90. The summed E-state index contributed by atoms with van der Waals surface area (Å²) in [5.74, 6) is 0. The highest BCUT2D eigenvalue weighted by molar-refractivity contribution is 6.31. The first-order valence-corrected chi connectivity index (χ1v) is 7.51. The highest BCUT2D eigenvalue weighted by atomic mass is 35.5. The maximum atomic E-state index is 6.43. The van der Waals surface area contributed by atoms with Crippen molar-refractivity contribution in [1.29, 1.82) is 0 Å². The molecule has 0 fully saturated rings. The molecular weight excluding hydrogens is 268 g/mol. The van der Waals surface area contributed by atoms with Crippen molar-refractivity contribution in [3.63, 3.8) is 0 Å². The summed E-state index contributed by atoms with van der Waals surface area (Å²) < 4.78 is 0. The van der Waals surface area contributed by atoms with Gasteiger partial charge in [-0.05, 0) is 37.6 Å². The third-order valence-corrected chi connectivity index (χ3v) is 3.54. The van der Waals surface area contributed by atoms with Gasteiger partial charge in [0.1, 0.15) is 0 Å². The van der Waals surface area contributed by atoms with Crippen LogP contribution in [0.3, 0.4) is 0 Å². The van der Waals surface area contributed by atoms with E-state index >= 15 is 0 Å². The van der Waals surface area contributed by atoms with Gasteiger partial charge in [-0.3, -0.25) is 0 Å². The molecule has 0 aromatic heterocycles. The van der Waals surface area contributed by atoms with E-state index in [0.29, 0.717) is 0 Å². The first-order valence-electron chi connectivity index (χ1n) is 7.13. The molecule has 20 heavy (non-hydrogen) atoms. The quantitative estimate of drug-likeness (QED) is 0.670. The molecule has 0 aliphatic rings. The van der Waals surface area contributed by atoms with E-state index in [1.54, 1.807) is 0 Å². The van der Waals surface area contributed by atoms with Gasteiger partial charge in [-0.25, -0.2) is 0 Å². The molecule has 0 saturated carbocycles. The third-order valence-electron chi connectivity index (χ3n) is 3.22. The standard InChI is InChI=1S/C17H25ClN2/c1-5-10-19-14(4)16-9-8-15(13-17(16)18)20(11-6-2)12-7-3/h6-9,13-14,19H,2-3,5,10-12H2,1,4H3. The number of rotatable bonds is 9. The molecule has 0 radical (unpaired) electrons. The molecule has 0 heterocycles. The van der Waals surface area contributed by atoms with Crippen molar-refractivity contribution in [2.75, 3.05) is 24.5 Å². The fraction of sp³-hybridized carbons (Fsp3) is 0.412. The average Bonchev–Trinajstić information content (AvgIpc) is 2.44. The number of nitrogens with zero attached hydrogens (tertiary/aromatic N) is 1. The topological polar surface area (TPSA) is 15.3 Å². The lowest BCUT2D eigenvalue weighted by atomic mass is 10.1. The number of hydrogen-bond donors (Lipinski definition) is 1. The summed E-state index contributed by atoms with van der Waals surface area (Å²) >= 11 is 6.43. The van der Waals surface area contributed by atoms with Crippen molar-refractivity contribution in [1.82, 2.24) is 5.32 Å². The lowest BCUT2D eigenvalue weighted by molar-refractivity contribution is 0.571. The molecule has 2 nitrogen and oxygen atoms in total. The van der Waals surface area contributed by atoms with Crippen LogP contribution in [-0.4, -0.2) is 19.6 Å². The number of benzene rings is 1. The van der Waals surface area contributed by atoms with Gasteiger partial charge < -0.3 is 10.2 Å². The molecule has 1 unspecified atom stereocenters. The van der Waals surface area contributed by atoms with Gasteiger partial charge in [0.2, 0.25) is 0 Å². The second-order valence-corrected chi connectivity index (χ2v) is 5.27. The van der Waals surface area contributed by atoms with E-state index < -0.39 is 0 Å². The van der Waals surface area contributed by atoms with Crippen LogP contribution in [0.25, 0.3) is 0 Å². The maximum absolute atomic E-state index is 6.43. The van der Waals surface area contributed by atoms with Crippen molar-refractivity contribution in [3.05, 3.63) is 54.1 Å². The second-order valence-electron chi connectivity index (χ2n) is 4.86.